The number of hydrogen-bond donors (Lipinski definition) is 3. The highest BCUT2D eigenvalue weighted by Gasteiger charge is 2.11. The van der Waals surface area contributed by atoms with E-state index in [-0.39, 0.29) is 6.03 Å². The van der Waals surface area contributed by atoms with E-state index in [1.165, 1.54) is 0 Å². The topological polar surface area (TPSA) is 66.3 Å². The molecule has 0 saturated carbocycles. The standard InChI is InChI=1S/C15H17Cl2N3O2/c1-20-8-2-3-13(20)14(21)6-7-18-15(22)19-10-4-5-11(16)12(17)9-10/h2-5,8-9,14,21H,6-7H2,1H3,(H2,18,19,22). The summed E-state index contributed by atoms with van der Waals surface area (Å²) in [6.07, 6.45) is 1.67. The number of halogens is 2. The van der Waals surface area contributed by atoms with E-state index >= 15 is 0 Å². The summed E-state index contributed by atoms with van der Waals surface area (Å²) < 4.78 is 1.85. The molecule has 0 aliphatic carbocycles. The Balaban J connectivity index is 1.78. The number of benzene rings is 1. The van der Waals surface area contributed by atoms with Gasteiger partial charge in [0.15, 0.2) is 0 Å². The fourth-order valence-corrected chi connectivity index (χ4v) is 2.34. The van der Waals surface area contributed by atoms with Crippen LogP contribution in [-0.2, 0) is 7.05 Å². The van der Waals surface area contributed by atoms with E-state index < -0.39 is 6.10 Å². The summed E-state index contributed by atoms with van der Waals surface area (Å²) in [5, 5.41) is 16.2. The fourth-order valence-electron chi connectivity index (χ4n) is 2.04. The smallest absolute Gasteiger partial charge is 0.319 e. The van der Waals surface area contributed by atoms with Crippen molar-refractivity contribution >= 4 is 34.9 Å². The van der Waals surface area contributed by atoms with Crippen LogP contribution in [0.5, 0.6) is 0 Å². The molecular weight excluding hydrogens is 325 g/mol. The van der Waals surface area contributed by atoms with Crippen molar-refractivity contribution in [1.82, 2.24) is 9.88 Å². The molecule has 0 spiro atoms. The Labute approximate surface area is 138 Å². The van der Waals surface area contributed by atoms with Crippen molar-refractivity contribution in [3.8, 4) is 0 Å². The van der Waals surface area contributed by atoms with Gasteiger partial charge in [-0.25, -0.2) is 4.79 Å². The number of nitrogens with zero attached hydrogens (tertiary/aromatic N) is 1. The van der Waals surface area contributed by atoms with Crippen molar-refractivity contribution in [2.75, 3.05) is 11.9 Å². The lowest BCUT2D eigenvalue weighted by Gasteiger charge is -2.13. The zero-order valence-corrected chi connectivity index (χ0v) is 13.5. The van der Waals surface area contributed by atoms with Crippen LogP contribution in [0.15, 0.2) is 36.5 Å². The average molecular weight is 342 g/mol. The molecule has 1 aromatic carbocycles. The van der Waals surface area contributed by atoms with Gasteiger partial charge in [-0.2, -0.15) is 0 Å². The first kappa shape index (κ1) is 16.7. The summed E-state index contributed by atoms with van der Waals surface area (Å²) in [7, 11) is 1.86. The number of aliphatic hydroxyl groups is 1. The van der Waals surface area contributed by atoms with Crippen molar-refractivity contribution in [3.05, 3.63) is 52.3 Å². The maximum atomic E-state index is 11.8. The van der Waals surface area contributed by atoms with Crippen molar-refractivity contribution in [2.45, 2.75) is 12.5 Å². The maximum absolute atomic E-state index is 11.8. The van der Waals surface area contributed by atoms with Crippen LogP contribution in [0.2, 0.25) is 10.0 Å². The van der Waals surface area contributed by atoms with E-state index in [4.69, 9.17) is 23.2 Å². The van der Waals surface area contributed by atoms with Crippen LogP contribution in [0.25, 0.3) is 0 Å². The first-order valence-electron chi connectivity index (χ1n) is 6.76. The van der Waals surface area contributed by atoms with Gasteiger partial charge in [-0.15, -0.1) is 0 Å². The zero-order chi connectivity index (χ0) is 16.1. The molecule has 1 unspecified atom stereocenters. The number of nitrogens with one attached hydrogen (secondary N) is 2. The Morgan fingerprint density at radius 3 is 2.73 bits per heavy atom. The van der Waals surface area contributed by atoms with E-state index in [1.54, 1.807) is 18.2 Å². The molecule has 118 valence electrons. The number of carbonyl (C=O) groups excluding carboxylic acids is 1. The third kappa shape index (κ3) is 4.40. The molecule has 0 aliphatic heterocycles. The summed E-state index contributed by atoms with van der Waals surface area (Å²) in [6.45, 7) is 0.347. The molecule has 2 rings (SSSR count). The monoisotopic (exact) mass is 341 g/mol. The van der Waals surface area contributed by atoms with Gasteiger partial charge in [0.1, 0.15) is 0 Å². The molecule has 2 aromatic rings. The van der Waals surface area contributed by atoms with Gasteiger partial charge in [0.05, 0.1) is 16.1 Å². The Morgan fingerprint density at radius 1 is 1.32 bits per heavy atom. The summed E-state index contributed by atoms with van der Waals surface area (Å²) >= 11 is 11.7. The zero-order valence-electron chi connectivity index (χ0n) is 12.0. The molecule has 7 heteroatoms. The van der Waals surface area contributed by atoms with Gasteiger partial charge in [-0.1, -0.05) is 23.2 Å². The van der Waals surface area contributed by atoms with Gasteiger partial charge in [0.2, 0.25) is 0 Å². The quantitative estimate of drug-likeness (QED) is 0.778. The van der Waals surface area contributed by atoms with Crippen LogP contribution in [0.4, 0.5) is 10.5 Å². The van der Waals surface area contributed by atoms with E-state index in [2.05, 4.69) is 10.6 Å². The molecule has 0 aliphatic rings. The molecule has 0 fully saturated rings. The van der Waals surface area contributed by atoms with Crippen LogP contribution in [0.1, 0.15) is 18.2 Å². The van der Waals surface area contributed by atoms with Crippen molar-refractivity contribution in [1.29, 1.82) is 0 Å². The van der Waals surface area contributed by atoms with Crippen LogP contribution < -0.4 is 10.6 Å². The van der Waals surface area contributed by atoms with Gasteiger partial charge in [-0.3, -0.25) is 0 Å². The summed E-state index contributed by atoms with van der Waals surface area (Å²) in [4.78, 5) is 11.8. The minimum atomic E-state index is -0.620. The van der Waals surface area contributed by atoms with Crippen LogP contribution >= 0.6 is 23.2 Å². The number of aryl methyl sites for hydroxylation is 1. The number of urea groups is 1. The van der Waals surface area contributed by atoms with Gasteiger partial charge in [0, 0.05) is 31.2 Å². The highest BCUT2D eigenvalue weighted by atomic mass is 35.5. The number of carbonyl (C=O) groups is 1. The molecule has 0 bridgehead atoms. The molecule has 5 nitrogen and oxygen atoms in total. The molecule has 3 N–H and O–H groups in total. The lowest BCUT2D eigenvalue weighted by atomic mass is 10.2. The predicted octanol–water partition coefficient (Wildman–Crippen LogP) is 3.58. The van der Waals surface area contributed by atoms with Gasteiger partial charge in [-0.05, 0) is 36.8 Å². The summed E-state index contributed by atoms with van der Waals surface area (Å²) in [6, 6.07) is 8.19. The van der Waals surface area contributed by atoms with Crippen molar-refractivity contribution < 1.29 is 9.90 Å². The van der Waals surface area contributed by atoms with Crippen LogP contribution in [-0.4, -0.2) is 22.2 Å². The van der Waals surface area contributed by atoms with Crippen molar-refractivity contribution in [3.63, 3.8) is 0 Å². The van der Waals surface area contributed by atoms with Gasteiger partial charge < -0.3 is 20.3 Å². The molecular formula is C15H17Cl2N3O2. The van der Waals surface area contributed by atoms with Crippen LogP contribution in [0, 0.1) is 0 Å². The minimum Gasteiger partial charge on any atom is -0.387 e. The number of hydrogen-bond acceptors (Lipinski definition) is 2. The van der Waals surface area contributed by atoms with Crippen LogP contribution in [0.3, 0.4) is 0 Å². The molecule has 1 heterocycles. The van der Waals surface area contributed by atoms with E-state index in [9.17, 15) is 9.90 Å². The highest BCUT2D eigenvalue weighted by Crippen LogP contribution is 2.24. The number of aromatic nitrogens is 1. The SMILES string of the molecule is Cn1cccc1C(O)CCNC(=O)Nc1ccc(Cl)c(Cl)c1. The Bertz CT molecular complexity index is 658. The second-order valence-electron chi connectivity index (χ2n) is 4.86. The van der Waals surface area contributed by atoms with E-state index in [1.807, 2.05) is 29.9 Å². The number of anilines is 1. The van der Waals surface area contributed by atoms with Gasteiger partial charge in [0.25, 0.3) is 0 Å². The summed E-state index contributed by atoms with van der Waals surface area (Å²) in [5.41, 5.74) is 1.36. The molecule has 2 amide bonds. The fraction of sp³-hybridized carbons (Fsp3) is 0.267. The molecule has 1 aromatic heterocycles. The predicted molar refractivity (Wildman–Crippen MR) is 88.5 cm³/mol. The van der Waals surface area contributed by atoms with Gasteiger partial charge >= 0.3 is 6.03 Å². The van der Waals surface area contributed by atoms with E-state index in [0.29, 0.717) is 28.7 Å². The third-order valence-electron chi connectivity index (χ3n) is 3.21. The highest BCUT2D eigenvalue weighted by molar-refractivity contribution is 6.42. The molecule has 22 heavy (non-hydrogen) atoms. The average Bonchev–Trinajstić information content (AvgIpc) is 2.89. The number of amides is 2. The first-order chi connectivity index (χ1) is 10.5. The molecule has 1 atom stereocenters. The Morgan fingerprint density at radius 2 is 2.09 bits per heavy atom. The first-order valence-corrected chi connectivity index (χ1v) is 7.52. The van der Waals surface area contributed by atoms with E-state index in [0.717, 1.165) is 5.69 Å². The van der Waals surface area contributed by atoms with Crippen molar-refractivity contribution in [2.24, 2.45) is 7.05 Å². The second kappa shape index (κ2) is 7.54. The Kier molecular flexibility index (Phi) is 5.71. The maximum Gasteiger partial charge on any atom is 0.319 e. The number of aliphatic hydroxyl groups excluding tert-OH is 1. The molecule has 0 saturated heterocycles. The minimum absolute atomic E-state index is 0.347. The molecule has 0 radical (unpaired) electrons. The summed E-state index contributed by atoms with van der Waals surface area (Å²) in [5.74, 6) is 0. The Hall–Kier alpha value is -1.69. The lowest BCUT2D eigenvalue weighted by Crippen LogP contribution is -2.30. The lowest BCUT2D eigenvalue weighted by molar-refractivity contribution is 0.159. The number of rotatable bonds is 5. The normalized spacial score (nSPS) is 12.0. The largest absolute Gasteiger partial charge is 0.387 e. The second-order valence-corrected chi connectivity index (χ2v) is 5.67. The third-order valence-corrected chi connectivity index (χ3v) is 3.95.